The summed E-state index contributed by atoms with van der Waals surface area (Å²) in [5, 5.41) is 1.17. The summed E-state index contributed by atoms with van der Waals surface area (Å²) in [6, 6.07) is 7.38. The third-order valence-electron chi connectivity index (χ3n) is 5.11. The van der Waals surface area contributed by atoms with Gasteiger partial charge >= 0.3 is 6.03 Å². The summed E-state index contributed by atoms with van der Waals surface area (Å²) >= 11 is 0. The van der Waals surface area contributed by atoms with Crippen molar-refractivity contribution in [3.8, 4) is 0 Å². The lowest BCUT2D eigenvalue weighted by atomic mass is 9.93. The van der Waals surface area contributed by atoms with Crippen LogP contribution in [0.1, 0.15) is 31.1 Å². The standard InChI is InChI=1S/C18H19N3O2/c1-10(2)20-17(22)15-9-13-12-7-5-6-8-14(12)19(4)16(13)11(3)21(15)18(20)23/h5-8,11,15H,1,9H2,2-4H3. The number of rotatable bonds is 1. The van der Waals surface area contributed by atoms with Crippen LogP contribution in [0.4, 0.5) is 4.79 Å². The lowest BCUT2D eigenvalue weighted by molar-refractivity contribution is -0.127. The van der Waals surface area contributed by atoms with Crippen molar-refractivity contribution in [3.63, 3.8) is 0 Å². The van der Waals surface area contributed by atoms with Crippen molar-refractivity contribution >= 4 is 22.8 Å². The topological polar surface area (TPSA) is 45.6 Å². The number of imide groups is 1. The molecule has 2 aliphatic rings. The van der Waals surface area contributed by atoms with Gasteiger partial charge in [0.05, 0.1) is 6.04 Å². The average molecular weight is 309 g/mol. The number of amides is 3. The average Bonchev–Trinajstić information content (AvgIpc) is 2.94. The Bertz CT molecular complexity index is 880. The van der Waals surface area contributed by atoms with Crippen LogP contribution in [0.5, 0.6) is 0 Å². The zero-order valence-electron chi connectivity index (χ0n) is 13.5. The van der Waals surface area contributed by atoms with Crippen molar-refractivity contribution in [3.05, 3.63) is 47.8 Å². The molecule has 2 aliphatic heterocycles. The number of hydrogen-bond acceptors (Lipinski definition) is 2. The number of fused-ring (bicyclic) bond motifs is 4. The summed E-state index contributed by atoms with van der Waals surface area (Å²) in [6.45, 7) is 7.47. The highest BCUT2D eigenvalue weighted by atomic mass is 16.2. The van der Waals surface area contributed by atoms with Gasteiger partial charge in [-0.3, -0.25) is 4.79 Å². The molecule has 4 rings (SSSR count). The number of urea groups is 1. The van der Waals surface area contributed by atoms with Gasteiger partial charge in [0.15, 0.2) is 0 Å². The number of nitrogens with zero attached hydrogens (tertiary/aromatic N) is 3. The first-order valence-corrected chi connectivity index (χ1v) is 7.81. The van der Waals surface area contributed by atoms with E-state index in [0.29, 0.717) is 12.1 Å². The van der Waals surface area contributed by atoms with Crippen LogP contribution in [-0.4, -0.2) is 32.3 Å². The SMILES string of the molecule is C=C(C)N1C(=O)C2Cc3c(n(C)c4ccccc34)C(C)N2C1=O. The molecule has 1 saturated heterocycles. The van der Waals surface area contributed by atoms with Gasteiger partial charge in [-0.2, -0.15) is 0 Å². The number of para-hydroxylation sites is 1. The predicted octanol–water partition coefficient (Wildman–Crippen LogP) is 2.96. The molecule has 0 radical (unpaired) electrons. The maximum atomic E-state index is 12.7. The number of aromatic nitrogens is 1. The Morgan fingerprint density at radius 3 is 2.65 bits per heavy atom. The van der Waals surface area contributed by atoms with Gasteiger partial charge in [0.25, 0.3) is 5.91 Å². The van der Waals surface area contributed by atoms with Gasteiger partial charge in [-0.05, 0) is 25.5 Å². The maximum Gasteiger partial charge on any atom is 0.332 e. The molecular weight excluding hydrogens is 290 g/mol. The molecule has 0 spiro atoms. The predicted molar refractivity (Wildman–Crippen MR) is 87.7 cm³/mol. The van der Waals surface area contributed by atoms with Crippen molar-refractivity contribution in [1.82, 2.24) is 14.4 Å². The number of carbonyl (C=O) groups excluding carboxylic acids is 2. The van der Waals surface area contributed by atoms with Gasteiger partial charge in [0.2, 0.25) is 0 Å². The van der Waals surface area contributed by atoms with E-state index in [-0.39, 0.29) is 18.0 Å². The van der Waals surface area contributed by atoms with E-state index in [1.165, 1.54) is 15.8 Å². The lowest BCUT2D eigenvalue weighted by Crippen LogP contribution is -2.43. The van der Waals surface area contributed by atoms with E-state index in [4.69, 9.17) is 0 Å². The van der Waals surface area contributed by atoms with Crippen LogP contribution >= 0.6 is 0 Å². The quantitative estimate of drug-likeness (QED) is 0.760. The van der Waals surface area contributed by atoms with E-state index in [0.717, 1.165) is 11.2 Å². The second-order valence-electron chi connectivity index (χ2n) is 6.43. The molecule has 5 nitrogen and oxygen atoms in total. The monoisotopic (exact) mass is 309 g/mol. The Kier molecular flexibility index (Phi) is 2.73. The Hall–Kier alpha value is -2.56. The molecule has 2 atom stereocenters. The number of aryl methyl sites for hydroxylation is 1. The molecule has 2 aromatic rings. The summed E-state index contributed by atoms with van der Waals surface area (Å²) < 4.78 is 2.15. The van der Waals surface area contributed by atoms with Crippen LogP contribution in [0, 0.1) is 0 Å². The molecule has 23 heavy (non-hydrogen) atoms. The van der Waals surface area contributed by atoms with Crippen molar-refractivity contribution in [2.24, 2.45) is 7.05 Å². The third-order valence-corrected chi connectivity index (χ3v) is 5.11. The van der Waals surface area contributed by atoms with Crippen LogP contribution in [0.25, 0.3) is 10.9 Å². The molecule has 3 heterocycles. The summed E-state index contributed by atoms with van der Waals surface area (Å²) in [5.74, 6) is -0.159. The smallest absolute Gasteiger partial charge is 0.332 e. The summed E-state index contributed by atoms with van der Waals surface area (Å²) in [6.07, 6.45) is 0.565. The van der Waals surface area contributed by atoms with Gasteiger partial charge in [-0.1, -0.05) is 24.8 Å². The maximum absolute atomic E-state index is 12.7. The van der Waals surface area contributed by atoms with Crippen molar-refractivity contribution in [2.45, 2.75) is 32.4 Å². The van der Waals surface area contributed by atoms with Crippen LogP contribution in [-0.2, 0) is 18.3 Å². The van der Waals surface area contributed by atoms with E-state index in [1.807, 2.05) is 26.1 Å². The molecule has 1 aromatic heterocycles. The second kappa shape index (κ2) is 4.47. The first-order chi connectivity index (χ1) is 10.9. The van der Waals surface area contributed by atoms with Gasteiger partial charge in [0, 0.05) is 35.8 Å². The fraction of sp³-hybridized carbons (Fsp3) is 0.333. The Morgan fingerprint density at radius 1 is 1.26 bits per heavy atom. The molecule has 3 amide bonds. The van der Waals surface area contributed by atoms with E-state index in [9.17, 15) is 9.59 Å². The minimum atomic E-state index is -0.424. The summed E-state index contributed by atoms with van der Waals surface area (Å²) in [7, 11) is 2.02. The van der Waals surface area contributed by atoms with Crippen LogP contribution in [0.15, 0.2) is 36.5 Å². The second-order valence-corrected chi connectivity index (χ2v) is 6.43. The highest BCUT2D eigenvalue weighted by molar-refractivity contribution is 6.07. The number of carbonyl (C=O) groups is 2. The fourth-order valence-corrected chi connectivity index (χ4v) is 4.15. The zero-order valence-corrected chi connectivity index (χ0v) is 13.5. The summed E-state index contributed by atoms with van der Waals surface area (Å²) in [5.41, 5.74) is 3.92. The Morgan fingerprint density at radius 2 is 1.96 bits per heavy atom. The molecular formula is C18H19N3O2. The third kappa shape index (κ3) is 1.62. The molecule has 5 heteroatoms. The zero-order chi connectivity index (χ0) is 16.5. The van der Waals surface area contributed by atoms with Crippen molar-refractivity contribution in [1.29, 1.82) is 0 Å². The fourth-order valence-electron chi connectivity index (χ4n) is 4.15. The van der Waals surface area contributed by atoms with Crippen LogP contribution in [0.2, 0.25) is 0 Å². The molecule has 118 valence electrons. The first-order valence-electron chi connectivity index (χ1n) is 7.81. The molecule has 0 bridgehead atoms. The van der Waals surface area contributed by atoms with Crippen molar-refractivity contribution in [2.75, 3.05) is 0 Å². The largest absolute Gasteiger partial charge is 0.346 e. The summed E-state index contributed by atoms with van der Waals surface area (Å²) in [4.78, 5) is 28.3. The molecule has 2 unspecified atom stereocenters. The number of hydrogen-bond donors (Lipinski definition) is 0. The van der Waals surface area contributed by atoms with Gasteiger partial charge in [-0.25, -0.2) is 9.69 Å². The molecule has 1 fully saturated rings. The van der Waals surface area contributed by atoms with E-state index in [1.54, 1.807) is 11.8 Å². The lowest BCUT2D eigenvalue weighted by Gasteiger charge is -2.34. The van der Waals surface area contributed by atoms with Gasteiger partial charge in [0.1, 0.15) is 6.04 Å². The van der Waals surface area contributed by atoms with E-state index >= 15 is 0 Å². The number of allylic oxidation sites excluding steroid dienone is 1. The van der Waals surface area contributed by atoms with E-state index < -0.39 is 6.04 Å². The van der Waals surface area contributed by atoms with Crippen molar-refractivity contribution < 1.29 is 9.59 Å². The van der Waals surface area contributed by atoms with E-state index in [2.05, 4.69) is 23.3 Å². The van der Waals surface area contributed by atoms with Crippen LogP contribution in [0.3, 0.4) is 0 Å². The van der Waals surface area contributed by atoms with Gasteiger partial charge < -0.3 is 9.47 Å². The normalized spacial score (nSPS) is 23.4. The van der Waals surface area contributed by atoms with Crippen LogP contribution < -0.4 is 0 Å². The molecule has 0 saturated carbocycles. The highest BCUT2D eigenvalue weighted by Gasteiger charge is 2.51. The minimum Gasteiger partial charge on any atom is -0.346 e. The molecule has 0 N–H and O–H groups in total. The Labute approximate surface area is 134 Å². The molecule has 1 aromatic carbocycles. The highest BCUT2D eigenvalue weighted by Crippen LogP contribution is 2.42. The van der Waals surface area contributed by atoms with Gasteiger partial charge in [-0.15, -0.1) is 0 Å². The minimum absolute atomic E-state index is 0.137. The molecule has 0 aliphatic carbocycles. The number of benzene rings is 1. The Balaban J connectivity index is 1.92. The first kappa shape index (κ1) is 14.1.